The van der Waals surface area contributed by atoms with Crippen molar-refractivity contribution in [2.45, 2.75) is 38.9 Å². The fraction of sp³-hybridized carbons (Fsp3) is 0.538. The zero-order chi connectivity index (χ0) is 12.7. The van der Waals surface area contributed by atoms with Gasteiger partial charge in [-0.2, -0.15) is 0 Å². The number of benzene rings is 1. The SMILES string of the molecule is CNc1ccccc1B1OC(C)(C)C(C)(C)O1. The minimum atomic E-state index is -0.302. The van der Waals surface area contributed by atoms with E-state index in [-0.39, 0.29) is 18.3 Å². The minimum Gasteiger partial charge on any atom is -0.399 e. The number of anilines is 1. The first-order chi connectivity index (χ1) is 7.87. The molecular formula is C13H20BNO2. The van der Waals surface area contributed by atoms with Crippen LogP contribution in [0.4, 0.5) is 5.69 Å². The van der Waals surface area contributed by atoms with Gasteiger partial charge in [-0.05, 0) is 33.8 Å². The Morgan fingerprint density at radius 3 is 2.06 bits per heavy atom. The summed E-state index contributed by atoms with van der Waals surface area (Å²) in [7, 11) is 1.60. The van der Waals surface area contributed by atoms with Gasteiger partial charge in [0.15, 0.2) is 0 Å². The van der Waals surface area contributed by atoms with E-state index >= 15 is 0 Å². The van der Waals surface area contributed by atoms with Gasteiger partial charge in [0.2, 0.25) is 0 Å². The molecule has 0 bridgehead atoms. The second-order valence-electron chi connectivity index (χ2n) is 5.43. The van der Waals surface area contributed by atoms with Gasteiger partial charge in [0, 0.05) is 18.2 Å². The van der Waals surface area contributed by atoms with Gasteiger partial charge in [-0.3, -0.25) is 0 Å². The van der Waals surface area contributed by atoms with Crippen molar-refractivity contribution in [2.24, 2.45) is 0 Å². The van der Waals surface area contributed by atoms with Crippen LogP contribution in [0.3, 0.4) is 0 Å². The van der Waals surface area contributed by atoms with Crippen LogP contribution in [0, 0.1) is 0 Å². The molecule has 0 unspecified atom stereocenters. The molecule has 0 saturated carbocycles. The van der Waals surface area contributed by atoms with Crippen molar-refractivity contribution in [1.29, 1.82) is 0 Å². The van der Waals surface area contributed by atoms with Crippen molar-refractivity contribution < 1.29 is 9.31 Å². The van der Waals surface area contributed by atoms with Gasteiger partial charge in [-0.1, -0.05) is 18.2 Å². The van der Waals surface area contributed by atoms with Gasteiger partial charge in [-0.25, -0.2) is 0 Å². The summed E-state index contributed by atoms with van der Waals surface area (Å²) in [5, 5.41) is 3.17. The Morgan fingerprint density at radius 2 is 1.53 bits per heavy atom. The number of nitrogens with one attached hydrogen (secondary N) is 1. The molecular weight excluding hydrogens is 213 g/mol. The van der Waals surface area contributed by atoms with Gasteiger partial charge in [0.1, 0.15) is 0 Å². The van der Waals surface area contributed by atoms with E-state index < -0.39 is 0 Å². The van der Waals surface area contributed by atoms with Gasteiger partial charge in [0.05, 0.1) is 11.2 Å². The first-order valence-corrected chi connectivity index (χ1v) is 6.00. The minimum absolute atomic E-state index is 0.293. The third-order valence-corrected chi connectivity index (χ3v) is 3.74. The second kappa shape index (κ2) is 4.04. The number of rotatable bonds is 2. The van der Waals surface area contributed by atoms with Crippen LogP contribution < -0.4 is 10.8 Å². The molecule has 92 valence electrons. The molecule has 1 N–H and O–H groups in total. The molecule has 2 rings (SSSR count). The fourth-order valence-electron chi connectivity index (χ4n) is 1.90. The highest BCUT2D eigenvalue weighted by Gasteiger charge is 2.52. The Bertz CT molecular complexity index is 402. The quantitative estimate of drug-likeness (QED) is 0.793. The van der Waals surface area contributed by atoms with Crippen LogP contribution in [0.15, 0.2) is 24.3 Å². The maximum Gasteiger partial charge on any atom is 0.496 e. The summed E-state index contributed by atoms with van der Waals surface area (Å²) in [5.41, 5.74) is 1.51. The molecule has 3 nitrogen and oxygen atoms in total. The third kappa shape index (κ3) is 2.07. The summed E-state index contributed by atoms with van der Waals surface area (Å²) >= 11 is 0. The molecule has 17 heavy (non-hydrogen) atoms. The number of hydrogen-bond donors (Lipinski definition) is 1. The van der Waals surface area contributed by atoms with E-state index in [1.54, 1.807) is 0 Å². The van der Waals surface area contributed by atoms with Gasteiger partial charge < -0.3 is 14.6 Å². The van der Waals surface area contributed by atoms with Crippen molar-refractivity contribution in [3.8, 4) is 0 Å². The molecule has 1 aliphatic heterocycles. The van der Waals surface area contributed by atoms with E-state index in [0.717, 1.165) is 11.2 Å². The smallest absolute Gasteiger partial charge is 0.399 e. The standard InChI is InChI=1S/C13H20BNO2/c1-12(2)13(3,4)17-14(16-12)10-8-6-7-9-11(10)15-5/h6-9,15H,1-5H3. The van der Waals surface area contributed by atoms with Crippen LogP contribution in [0.2, 0.25) is 0 Å². The number of para-hydroxylation sites is 1. The van der Waals surface area contributed by atoms with Crippen molar-refractivity contribution in [3.63, 3.8) is 0 Å². The first-order valence-electron chi connectivity index (χ1n) is 6.00. The van der Waals surface area contributed by atoms with Crippen molar-refractivity contribution in [1.82, 2.24) is 0 Å². The molecule has 4 heteroatoms. The molecule has 1 aromatic rings. The van der Waals surface area contributed by atoms with E-state index in [0.29, 0.717) is 0 Å². The largest absolute Gasteiger partial charge is 0.496 e. The lowest BCUT2D eigenvalue weighted by molar-refractivity contribution is 0.00578. The predicted molar refractivity (Wildman–Crippen MR) is 71.7 cm³/mol. The zero-order valence-electron chi connectivity index (χ0n) is 11.2. The lowest BCUT2D eigenvalue weighted by Gasteiger charge is -2.32. The summed E-state index contributed by atoms with van der Waals surface area (Å²) in [6, 6.07) is 8.07. The molecule has 0 aliphatic carbocycles. The second-order valence-corrected chi connectivity index (χ2v) is 5.43. The van der Waals surface area contributed by atoms with Crippen molar-refractivity contribution in [2.75, 3.05) is 12.4 Å². The molecule has 1 saturated heterocycles. The van der Waals surface area contributed by atoms with Crippen LogP contribution in [0.5, 0.6) is 0 Å². The molecule has 0 spiro atoms. The average Bonchev–Trinajstić information content (AvgIpc) is 2.48. The number of hydrogen-bond acceptors (Lipinski definition) is 3. The molecule has 1 heterocycles. The van der Waals surface area contributed by atoms with E-state index in [4.69, 9.17) is 9.31 Å². The Morgan fingerprint density at radius 1 is 1.00 bits per heavy atom. The average molecular weight is 233 g/mol. The van der Waals surface area contributed by atoms with Crippen LogP contribution in [0.1, 0.15) is 27.7 Å². The Kier molecular flexibility index (Phi) is 2.96. The topological polar surface area (TPSA) is 30.5 Å². The molecule has 0 atom stereocenters. The van der Waals surface area contributed by atoms with Gasteiger partial charge in [-0.15, -0.1) is 0 Å². The fourth-order valence-corrected chi connectivity index (χ4v) is 1.90. The maximum absolute atomic E-state index is 6.03. The summed E-state index contributed by atoms with van der Waals surface area (Å²) in [5.74, 6) is 0. The predicted octanol–water partition coefficient (Wildman–Crippen LogP) is 2.03. The highest BCUT2D eigenvalue weighted by molar-refractivity contribution is 6.63. The molecule has 1 aliphatic rings. The van der Waals surface area contributed by atoms with Crippen LogP contribution in [-0.2, 0) is 9.31 Å². The van der Waals surface area contributed by atoms with Gasteiger partial charge in [0.25, 0.3) is 0 Å². The summed E-state index contributed by atoms with van der Waals surface area (Å²) < 4.78 is 12.1. The monoisotopic (exact) mass is 233 g/mol. The summed E-state index contributed by atoms with van der Waals surface area (Å²) in [4.78, 5) is 0. The summed E-state index contributed by atoms with van der Waals surface area (Å²) in [6.07, 6.45) is 0. The van der Waals surface area contributed by atoms with Gasteiger partial charge >= 0.3 is 7.12 Å². The lowest BCUT2D eigenvalue weighted by Crippen LogP contribution is -2.41. The van der Waals surface area contributed by atoms with Crippen LogP contribution in [0.25, 0.3) is 0 Å². The first kappa shape index (κ1) is 12.5. The molecule has 1 aromatic carbocycles. The zero-order valence-corrected chi connectivity index (χ0v) is 11.2. The molecule has 1 fully saturated rings. The maximum atomic E-state index is 6.03. The Balaban J connectivity index is 2.32. The third-order valence-electron chi connectivity index (χ3n) is 3.74. The molecule has 0 amide bonds. The van der Waals surface area contributed by atoms with E-state index in [2.05, 4.69) is 33.0 Å². The van der Waals surface area contributed by atoms with E-state index in [9.17, 15) is 0 Å². The Hall–Kier alpha value is -0.995. The normalized spacial score (nSPS) is 21.6. The van der Waals surface area contributed by atoms with Crippen LogP contribution in [-0.4, -0.2) is 25.4 Å². The van der Waals surface area contributed by atoms with Crippen LogP contribution >= 0.6 is 0 Å². The van der Waals surface area contributed by atoms with E-state index in [1.807, 2.05) is 31.3 Å². The van der Waals surface area contributed by atoms with Crippen molar-refractivity contribution in [3.05, 3.63) is 24.3 Å². The summed E-state index contributed by atoms with van der Waals surface area (Å²) in [6.45, 7) is 8.26. The lowest BCUT2D eigenvalue weighted by atomic mass is 9.78. The molecule has 0 radical (unpaired) electrons. The van der Waals surface area contributed by atoms with Crippen molar-refractivity contribution >= 4 is 18.3 Å². The highest BCUT2D eigenvalue weighted by Crippen LogP contribution is 2.36. The van der Waals surface area contributed by atoms with E-state index in [1.165, 1.54) is 0 Å². The highest BCUT2D eigenvalue weighted by atomic mass is 16.7. The molecule has 0 aromatic heterocycles. The Labute approximate surface area is 104 Å².